The van der Waals surface area contributed by atoms with Crippen LogP contribution in [-0.2, 0) is 4.74 Å². The topological polar surface area (TPSA) is 125 Å². The number of hydrogen-bond acceptors (Lipinski definition) is 6. The molecule has 9 heteroatoms. The number of nitrogens with one attached hydrogen (secondary N) is 1. The molecule has 0 aromatic carbocycles. The van der Waals surface area contributed by atoms with Crippen LogP contribution in [0.25, 0.3) is 0 Å². The quantitative estimate of drug-likeness (QED) is 0.460. The van der Waals surface area contributed by atoms with Crippen LogP contribution in [0.1, 0.15) is 6.23 Å². The Balaban J connectivity index is 2.42. The van der Waals surface area contributed by atoms with Gasteiger partial charge in [-0.15, -0.1) is 0 Å². The molecule has 8 nitrogen and oxygen atoms in total. The SMILES string of the molecule is O=c1[15nH][13c](=O)[15n]([C@@H]2O[C@H](CO)C(O)[C@@H]2O)cc1F. The molecule has 0 spiro atoms. The van der Waals surface area contributed by atoms with Gasteiger partial charge in [0, 0.05) is 0 Å². The summed E-state index contributed by atoms with van der Waals surface area (Å²) in [7, 11) is 0. The van der Waals surface area contributed by atoms with Gasteiger partial charge in [-0.1, -0.05) is 0 Å². The van der Waals surface area contributed by atoms with Gasteiger partial charge in [0.15, 0.2) is 6.23 Å². The third kappa shape index (κ3) is 1.97. The molecule has 100 valence electrons. The van der Waals surface area contributed by atoms with Crippen LogP contribution >= 0.6 is 0 Å². The van der Waals surface area contributed by atoms with E-state index in [0.717, 1.165) is 0 Å². The standard InChI is InChI=1S/C9H11FN2O6/c10-3-1-12(9(17)11-7(3)16)8-6(15)5(14)4(2-13)18-8/h1,4-6,8,13-15H,2H2,(H,11,16,17)/t4-,5?,6+,8-/m1/s1/i9+1,11+1,12+1. The van der Waals surface area contributed by atoms with Crippen molar-refractivity contribution in [3.8, 4) is 0 Å². The van der Waals surface area contributed by atoms with Crippen LogP contribution in [0.5, 0.6) is 0 Å². The van der Waals surface area contributed by atoms with E-state index in [-0.39, 0.29) is 0 Å². The summed E-state index contributed by atoms with van der Waals surface area (Å²) < 4.78 is 18.7. The van der Waals surface area contributed by atoms with Gasteiger partial charge in [-0.25, -0.2) is 4.79 Å². The van der Waals surface area contributed by atoms with Crippen molar-refractivity contribution >= 4 is 0 Å². The van der Waals surface area contributed by atoms with Crippen molar-refractivity contribution in [2.75, 3.05) is 6.61 Å². The number of aliphatic hydroxyl groups excluding tert-OH is 3. The first-order chi connectivity index (χ1) is 8.45. The molecule has 4 N–H and O–H groups in total. The number of hydrogen-bond donors (Lipinski definition) is 4. The first kappa shape index (κ1) is 12.9. The van der Waals surface area contributed by atoms with E-state index in [9.17, 15) is 24.2 Å². The number of halogens is 1. The second kappa shape index (κ2) is 4.61. The molecule has 0 amide bonds. The lowest BCUT2D eigenvalue weighted by atomic mass is 10.1. The van der Waals surface area contributed by atoms with Crippen molar-refractivity contribution in [3.63, 3.8) is 0 Å². The fraction of sp³-hybridized carbons (Fsp3) is 0.556. The average molecular weight is 265 g/mol. The van der Waals surface area contributed by atoms with Crippen LogP contribution in [0.2, 0.25) is 0 Å². The van der Waals surface area contributed by atoms with Crippen LogP contribution in [0.15, 0.2) is 15.8 Å². The van der Waals surface area contributed by atoms with E-state index < -0.39 is 48.2 Å². The maximum Gasteiger partial charge on any atom is 0.330 e. The molecule has 18 heavy (non-hydrogen) atoms. The van der Waals surface area contributed by atoms with E-state index in [1.807, 2.05) is 0 Å². The normalized spacial score (nSPS) is 31.8. The Labute approximate surface area is 98.9 Å². The Hall–Kier alpha value is -1.55. The molecule has 1 aliphatic heterocycles. The molecule has 4 atom stereocenters. The minimum absolute atomic E-state index is 0.571. The highest BCUT2D eigenvalue weighted by molar-refractivity contribution is 4.94. The molecule has 0 radical (unpaired) electrons. The summed E-state index contributed by atoms with van der Waals surface area (Å²) in [4.78, 5) is 24.0. The van der Waals surface area contributed by atoms with E-state index in [4.69, 9.17) is 9.84 Å². The second-order valence-electron chi connectivity index (χ2n) is 3.87. The van der Waals surface area contributed by atoms with Gasteiger partial charge in [0.2, 0.25) is 5.82 Å². The number of H-pyrrole nitrogens is 1. The lowest BCUT2D eigenvalue weighted by molar-refractivity contribution is -0.0554. The molecule has 0 saturated carbocycles. The molecule has 0 bridgehead atoms. The Morgan fingerprint density at radius 1 is 1.39 bits per heavy atom. The highest BCUT2D eigenvalue weighted by atomic mass is 19.1. The Kier molecular flexibility index (Phi) is 3.30. The van der Waals surface area contributed by atoms with Gasteiger partial charge in [-0.2, -0.15) is 4.39 Å². The van der Waals surface area contributed by atoms with Gasteiger partial charge < -0.3 is 20.1 Å². The van der Waals surface area contributed by atoms with Crippen molar-refractivity contribution in [1.82, 2.24) is 9.55 Å². The average Bonchev–Trinajstić information content (AvgIpc) is 2.61. The number of aliphatic hydroxyl groups is 3. The molecule has 2 heterocycles. The molecule has 2 rings (SSSR count). The number of ether oxygens (including phenoxy) is 1. The number of aromatic nitrogens is 2. The van der Waals surface area contributed by atoms with E-state index >= 15 is 0 Å². The first-order valence-corrected chi connectivity index (χ1v) is 5.09. The predicted molar refractivity (Wildman–Crippen MR) is 54.3 cm³/mol. The lowest BCUT2D eigenvalue weighted by Gasteiger charge is -2.16. The van der Waals surface area contributed by atoms with Crippen LogP contribution in [-0.4, -0.2) is 49.8 Å². The Morgan fingerprint density at radius 3 is 2.61 bits per heavy atom. The van der Waals surface area contributed by atoms with Crippen molar-refractivity contribution < 1.29 is 24.4 Å². The molecular formula is C9H11FN2O6. The van der Waals surface area contributed by atoms with E-state index in [2.05, 4.69) is 0 Å². The Bertz CT molecular complexity index is 555. The maximum atomic E-state index is 13.1. The zero-order chi connectivity index (χ0) is 13.4. The second-order valence-corrected chi connectivity index (χ2v) is 3.87. The van der Waals surface area contributed by atoms with Crippen LogP contribution in [0.3, 0.4) is 0 Å². The lowest BCUT2D eigenvalue weighted by Crippen LogP contribution is -2.38. The molecule has 1 aliphatic rings. The minimum atomic E-state index is -1.52. The minimum Gasteiger partial charge on any atom is -0.394 e. The molecule has 1 fully saturated rings. The molecule has 0 aliphatic carbocycles. The summed E-state index contributed by atoms with van der Waals surface area (Å²) in [6.45, 7) is -0.574. The molecule has 1 unspecified atom stereocenters. The molecule has 1 aromatic heterocycles. The Morgan fingerprint density at radius 2 is 2.06 bits per heavy atom. The first-order valence-electron chi connectivity index (χ1n) is 5.09. The van der Waals surface area contributed by atoms with Crippen molar-refractivity contribution in [1.29, 1.82) is 0 Å². The van der Waals surface area contributed by atoms with Crippen LogP contribution in [0.4, 0.5) is 4.39 Å². The van der Waals surface area contributed by atoms with Crippen molar-refractivity contribution in [2.45, 2.75) is 24.5 Å². The largest absolute Gasteiger partial charge is 0.394 e. The summed E-state index contributed by atoms with van der Waals surface area (Å²) in [5.74, 6) is -1.23. The highest BCUT2D eigenvalue weighted by Crippen LogP contribution is 2.27. The molecule has 1 aromatic rings. The van der Waals surface area contributed by atoms with Gasteiger partial charge in [-0.3, -0.25) is 14.3 Å². The summed E-state index contributed by atoms with van der Waals surface area (Å²) in [6, 6.07) is 0. The predicted octanol–water partition coefficient (Wildman–Crippen LogP) is -2.71. The van der Waals surface area contributed by atoms with Gasteiger partial charge in [0.05, 0.1) is 12.8 Å². The van der Waals surface area contributed by atoms with Crippen molar-refractivity contribution in [2.24, 2.45) is 0 Å². The van der Waals surface area contributed by atoms with E-state index in [1.165, 1.54) is 0 Å². The fourth-order valence-electron chi connectivity index (χ4n) is 1.76. The van der Waals surface area contributed by atoms with Crippen molar-refractivity contribution in [3.05, 3.63) is 32.9 Å². The van der Waals surface area contributed by atoms with Crippen LogP contribution in [0, 0.1) is 5.82 Å². The number of rotatable bonds is 2. The van der Waals surface area contributed by atoms with Gasteiger partial charge in [0.25, 0.3) is 5.56 Å². The fourth-order valence-corrected chi connectivity index (χ4v) is 1.76. The molecular weight excluding hydrogens is 254 g/mol. The third-order valence-electron chi connectivity index (χ3n) is 2.72. The molecule has 1 saturated heterocycles. The van der Waals surface area contributed by atoms with Gasteiger partial charge in [0.1, 0.15) is 18.3 Å². The third-order valence-corrected chi connectivity index (χ3v) is 2.72. The smallest absolute Gasteiger partial charge is 0.330 e. The number of aromatic amines is 1. The zero-order valence-corrected chi connectivity index (χ0v) is 8.99. The zero-order valence-electron chi connectivity index (χ0n) is 8.99. The highest BCUT2D eigenvalue weighted by Gasteiger charge is 2.43. The van der Waals surface area contributed by atoms with E-state index in [0.29, 0.717) is 10.8 Å². The number of nitrogens with zero attached hydrogens (tertiary/aromatic N) is 1. The van der Waals surface area contributed by atoms with Gasteiger partial charge >= 0.3 is 5.69 Å². The van der Waals surface area contributed by atoms with E-state index in [1.54, 1.807) is 4.98 Å². The summed E-state index contributed by atoms with van der Waals surface area (Å²) in [6.07, 6.45) is -4.84. The van der Waals surface area contributed by atoms with Crippen LogP contribution < -0.4 is 11.2 Å². The summed E-state index contributed by atoms with van der Waals surface area (Å²) >= 11 is 0. The summed E-state index contributed by atoms with van der Waals surface area (Å²) in [5, 5.41) is 28.0. The summed E-state index contributed by atoms with van der Waals surface area (Å²) in [5.41, 5.74) is -2.18. The maximum absolute atomic E-state index is 13.1. The monoisotopic (exact) mass is 265 g/mol. The van der Waals surface area contributed by atoms with Gasteiger partial charge in [-0.05, 0) is 0 Å².